The monoisotopic (exact) mass is 431 g/mol. The maximum atomic E-state index is 5.06. The van der Waals surface area contributed by atoms with Gasteiger partial charge in [-0.15, -0.1) is 0 Å². The highest BCUT2D eigenvalue weighted by Gasteiger charge is 2.31. The highest BCUT2D eigenvalue weighted by molar-refractivity contribution is 6.11. The summed E-state index contributed by atoms with van der Waals surface area (Å²) < 4.78 is 0. The van der Waals surface area contributed by atoms with Crippen LogP contribution in [0.15, 0.2) is 46.6 Å². The van der Waals surface area contributed by atoms with Gasteiger partial charge in [-0.2, -0.15) is 0 Å². The van der Waals surface area contributed by atoms with Gasteiger partial charge in [0.1, 0.15) is 0 Å². The van der Waals surface area contributed by atoms with Crippen molar-refractivity contribution in [1.29, 1.82) is 0 Å². The van der Waals surface area contributed by atoms with E-state index in [1.54, 1.807) is 0 Å². The van der Waals surface area contributed by atoms with Crippen LogP contribution < -0.4 is 0 Å². The van der Waals surface area contributed by atoms with Crippen molar-refractivity contribution >= 4 is 11.8 Å². The summed E-state index contributed by atoms with van der Waals surface area (Å²) in [6.07, 6.45) is 19.1. The molecule has 1 atom stereocenters. The van der Waals surface area contributed by atoms with Crippen LogP contribution in [0.5, 0.6) is 0 Å². The maximum Gasteiger partial charge on any atom is 0.0875 e. The summed E-state index contributed by atoms with van der Waals surface area (Å²) in [7, 11) is 0. The van der Waals surface area contributed by atoms with Gasteiger partial charge in [-0.3, -0.25) is 0 Å². The first-order valence-electron chi connectivity index (χ1n) is 13.2. The Morgan fingerprint density at radius 2 is 1.53 bits per heavy atom. The molecule has 1 saturated carbocycles. The molecule has 1 aliphatic carbocycles. The van der Waals surface area contributed by atoms with Crippen molar-refractivity contribution in [2.75, 3.05) is 0 Å². The van der Waals surface area contributed by atoms with Crippen molar-refractivity contribution < 1.29 is 0 Å². The standard InChI is InChI=1S/C27H35N3.C2H6/c1-19-9-7-5-3-2-4-6-8-10-21-13-14-22(28-21)17-26-23(20-11-12-20)18-27(30-26)25-16-15-24(19)29-25;1-2/h13-20,28-29H,2-12H2,1H3;1-2H3/b26-17-;. The van der Waals surface area contributed by atoms with Crippen molar-refractivity contribution in [3.63, 3.8) is 0 Å². The van der Waals surface area contributed by atoms with Gasteiger partial charge in [0, 0.05) is 17.1 Å². The lowest BCUT2D eigenvalue weighted by atomic mass is 9.99. The molecule has 3 nitrogen and oxygen atoms in total. The fourth-order valence-electron chi connectivity index (χ4n) is 4.91. The second-order valence-electron chi connectivity index (χ2n) is 9.58. The van der Waals surface area contributed by atoms with Crippen LogP contribution in [0.4, 0.5) is 0 Å². The minimum atomic E-state index is 0.589. The van der Waals surface area contributed by atoms with E-state index >= 15 is 0 Å². The highest BCUT2D eigenvalue weighted by atomic mass is 14.9. The minimum Gasteiger partial charge on any atom is -0.359 e. The molecule has 3 aliphatic rings. The third-order valence-electron chi connectivity index (χ3n) is 7.01. The molecule has 0 aromatic carbocycles. The van der Waals surface area contributed by atoms with Gasteiger partial charge >= 0.3 is 0 Å². The Balaban J connectivity index is 0.00000119. The largest absolute Gasteiger partial charge is 0.359 e. The summed E-state index contributed by atoms with van der Waals surface area (Å²) in [4.78, 5) is 12.4. The minimum absolute atomic E-state index is 0.589. The quantitative estimate of drug-likeness (QED) is 0.456. The summed E-state index contributed by atoms with van der Waals surface area (Å²) in [5, 5.41) is 0. The van der Waals surface area contributed by atoms with E-state index < -0.39 is 0 Å². The number of allylic oxidation sites excluding steroid dienone is 2. The Kier molecular flexibility index (Phi) is 7.89. The number of hydrogen-bond donors (Lipinski definition) is 2. The molecule has 1 unspecified atom stereocenters. The number of rotatable bonds is 1. The van der Waals surface area contributed by atoms with Crippen LogP contribution >= 0.6 is 0 Å². The second kappa shape index (κ2) is 11.0. The number of fused-ring (bicyclic) bond motifs is 6. The first kappa shape index (κ1) is 22.9. The lowest BCUT2D eigenvalue weighted by Crippen LogP contribution is -1.98. The predicted octanol–water partition coefficient (Wildman–Crippen LogP) is 8.33. The maximum absolute atomic E-state index is 5.06. The molecule has 0 saturated heterocycles. The molecule has 0 amide bonds. The molecule has 2 N–H and O–H groups in total. The zero-order valence-corrected chi connectivity index (χ0v) is 20.3. The summed E-state index contributed by atoms with van der Waals surface area (Å²) >= 11 is 0. The molecule has 6 bridgehead atoms. The van der Waals surface area contributed by atoms with E-state index in [-0.39, 0.29) is 0 Å². The summed E-state index contributed by atoms with van der Waals surface area (Å²) in [5.41, 5.74) is 8.75. The van der Waals surface area contributed by atoms with E-state index in [9.17, 15) is 0 Å². The Bertz CT molecular complexity index is 964. The van der Waals surface area contributed by atoms with E-state index in [1.807, 2.05) is 13.8 Å². The first-order chi connectivity index (χ1) is 15.8. The zero-order chi connectivity index (χ0) is 22.3. The Hall–Kier alpha value is -2.29. The van der Waals surface area contributed by atoms with E-state index in [2.05, 4.69) is 53.3 Å². The molecular weight excluding hydrogens is 390 g/mol. The van der Waals surface area contributed by atoms with Gasteiger partial charge in [-0.1, -0.05) is 59.3 Å². The SMILES string of the molecule is CC.CC1CCCCCCCCCc2ccc([nH]2)/C=C2\N=C(C=C2C2CC2)c2ccc1[nH]2. The fourth-order valence-corrected chi connectivity index (χ4v) is 4.91. The third-order valence-corrected chi connectivity index (χ3v) is 7.01. The zero-order valence-electron chi connectivity index (χ0n) is 20.3. The summed E-state index contributed by atoms with van der Waals surface area (Å²) in [6, 6.07) is 8.98. The van der Waals surface area contributed by atoms with Crippen molar-refractivity contribution in [3.8, 4) is 0 Å². The van der Waals surface area contributed by atoms with Crippen LogP contribution in [-0.2, 0) is 6.42 Å². The molecule has 32 heavy (non-hydrogen) atoms. The molecule has 0 spiro atoms. The normalized spacial score (nSPS) is 23.8. The van der Waals surface area contributed by atoms with Crippen LogP contribution in [0.3, 0.4) is 0 Å². The Morgan fingerprint density at radius 3 is 2.31 bits per heavy atom. The van der Waals surface area contributed by atoms with E-state index in [0.717, 1.165) is 17.8 Å². The third kappa shape index (κ3) is 5.74. The van der Waals surface area contributed by atoms with Crippen LogP contribution in [0, 0.1) is 5.92 Å². The van der Waals surface area contributed by atoms with E-state index in [0.29, 0.717) is 11.8 Å². The molecule has 2 aliphatic heterocycles. The lowest BCUT2D eigenvalue weighted by molar-refractivity contribution is 0.541. The van der Waals surface area contributed by atoms with Crippen molar-refractivity contribution in [2.45, 2.75) is 97.3 Å². The first-order valence-corrected chi connectivity index (χ1v) is 13.2. The fraction of sp³-hybridized carbons (Fsp3) is 0.552. The molecule has 4 heterocycles. The van der Waals surface area contributed by atoms with Crippen LogP contribution in [0.25, 0.3) is 6.08 Å². The molecule has 5 rings (SSSR count). The topological polar surface area (TPSA) is 43.9 Å². The number of nitrogens with one attached hydrogen (secondary N) is 2. The molecule has 0 radical (unpaired) electrons. The Morgan fingerprint density at radius 1 is 0.781 bits per heavy atom. The van der Waals surface area contributed by atoms with Gasteiger partial charge in [0.05, 0.1) is 17.1 Å². The molecule has 3 heteroatoms. The second-order valence-corrected chi connectivity index (χ2v) is 9.58. The van der Waals surface area contributed by atoms with E-state index in [1.165, 1.54) is 92.6 Å². The molecule has 172 valence electrons. The molecule has 1 fully saturated rings. The predicted molar refractivity (Wildman–Crippen MR) is 137 cm³/mol. The molecule has 2 aromatic rings. The van der Waals surface area contributed by atoms with Gasteiger partial charge in [0.25, 0.3) is 0 Å². The number of aryl methyl sites for hydroxylation is 1. The van der Waals surface area contributed by atoms with E-state index in [4.69, 9.17) is 4.99 Å². The highest BCUT2D eigenvalue weighted by Crippen LogP contribution is 2.43. The average Bonchev–Trinajstić information content (AvgIpc) is 3.18. The Labute approximate surface area is 194 Å². The van der Waals surface area contributed by atoms with Gasteiger partial charge in [-0.25, -0.2) is 4.99 Å². The average molecular weight is 432 g/mol. The van der Waals surface area contributed by atoms with Crippen molar-refractivity contribution in [2.24, 2.45) is 10.9 Å². The number of aromatic amines is 2. The molecule has 2 aromatic heterocycles. The van der Waals surface area contributed by atoms with Gasteiger partial charge in [0.2, 0.25) is 0 Å². The smallest absolute Gasteiger partial charge is 0.0875 e. The number of aliphatic imine (C=N–C) groups is 1. The van der Waals surface area contributed by atoms with Crippen LogP contribution in [-0.4, -0.2) is 15.7 Å². The number of nitrogens with zero attached hydrogens (tertiary/aromatic N) is 1. The molecular formula is C29H41N3. The van der Waals surface area contributed by atoms with Gasteiger partial charge in [0.15, 0.2) is 0 Å². The lowest BCUT2D eigenvalue weighted by Gasteiger charge is -2.09. The summed E-state index contributed by atoms with van der Waals surface area (Å²) in [6.45, 7) is 6.36. The van der Waals surface area contributed by atoms with Crippen LogP contribution in [0.2, 0.25) is 0 Å². The number of aromatic nitrogens is 2. The van der Waals surface area contributed by atoms with Crippen molar-refractivity contribution in [3.05, 3.63) is 64.4 Å². The van der Waals surface area contributed by atoms with Crippen molar-refractivity contribution in [1.82, 2.24) is 9.97 Å². The van der Waals surface area contributed by atoms with Gasteiger partial charge in [-0.05, 0) is 85.9 Å². The van der Waals surface area contributed by atoms with Crippen LogP contribution in [0.1, 0.15) is 114 Å². The number of H-pyrrole nitrogens is 2. The number of hydrogen-bond acceptors (Lipinski definition) is 1. The summed E-state index contributed by atoms with van der Waals surface area (Å²) in [5.74, 6) is 1.28. The van der Waals surface area contributed by atoms with Gasteiger partial charge < -0.3 is 9.97 Å².